The van der Waals surface area contributed by atoms with E-state index in [1.54, 1.807) is 12.1 Å². The lowest BCUT2D eigenvalue weighted by Gasteiger charge is -2.17. The van der Waals surface area contributed by atoms with Gasteiger partial charge in [-0.1, -0.05) is 54.6 Å². The maximum atomic E-state index is 13.0. The smallest absolute Gasteiger partial charge is 0.328 e. The molecule has 3 aromatic rings. The summed E-state index contributed by atoms with van der Waals surface area (Å²) < 4.78 is 17.8. The van der Waals surface area contributed by atoms with Crippen molar-refractivity contribution in [2.45, 2.75) is 18.9 Å². The first-order valence-electron chi connectivity index (χ1n) is 8.64. The number of carbonyl (C=O) groups is 2. The van der Waals surface area contributed by atoms with Crippen molar-refractivity contribution in [3.63, 3.8) is 0 Å². The van der Waals surface area contributed by atoms with E-state index in [1.807, 2.05) is 42.5 Å². The van der Waals surface area contributed by atoms with Crippen molar-refractivity contribution in [1.82, 2.24) is 5.32 Å². The standard InChI is InChI=1S/C22H20FNO3/c1-27-22(26)20(24-21(25)14-15-7-10-19(23)11-8-15)13-16-6-9-17-4-2-3-5-18(17)12-16/h2-12,20H,13-14H2,1H3,(H,24,25)/t20-/m1/s1. The quantitative estimate of drug-likeness (QED) is 0.681. The van der Waals surface area contributed by atoms with Gasteiger partial charge < -0.3 is 10.1 Å². The minimum absolute atomic E-state index is 0.0610. The number of esters is 1. The van der Waals surface area contributed by atoms with Gasteiger partial charge in [0, 0.05) is 6.42 Å². The van der Waals surface area contributed by atoms with Gasteiger partial charge in [0.25, 0.3) is 0 Å². The van der Waals surface area contributed by atoms with Gasteiger partial charge in [-0.05, 0) is 34.0 Å². The number of methoxy groups -OCH3 is 1. The molecule has 27 heavy (non-hydrogen) atoms. The third-order valence-corrected chi connectivity index (χ3v) is 4.35. The van der Waals surface area contributed by atoms with Gasteiger partial charge in [0.2, 0.25) is 5.91 Å². The summed E-state index contributed by atoms with van der Waals surface area (Å²) in [6.45, 7) is 0. The summed E-state index contributed by atoms with van der Waals surface area (Å²) >= 11 is 0. The number of amides is 1. The molecule has 0 aliphatic heterocycles. The molecule has 0 aliphatic rings. The van der Waals surface area contributed by atoms with Crippen molar-refractivity contribution in [2.24, 2.45) is 0 Å². The third kappa shape index (κ3) is 4.91. The highest BCUT2D eigenvalue weighted by Crippen LogP contribution is 2.17. The van der Waals surface area contributed by atoms with Gasteiger partial charge >= 0.3 is 5.97 Å². The second-order valence-corrected chi connectivity index (χ2v) is 6.33. The number of hydrogen-bond donors (Lipinski definition) is 1. The summed E-state index contributed by atoms with van der Waals surface area (Å²) in [5.74, 6) is -1.18. The van der Waals surface area contributed by atoms with Gasteiger partial charge in [-0.2, -0.15) is 0 Å². The van der Waals surface area contributed by atoms with Crippen LogP contribution in [0.25, 0.3) is 10.8 Å². The largest absolute Gasteiger partial charge is 0.467 e. The average Bonchev–Trinajstić information content (AvgIpc) is 2.68. The van der Waals surface area contributed by atoms with Crippen LogP contribution in [0.4, 0.5) is 4.39 Å². The van der Waals surface area contributed by atoms with Gasteiger partial charge in [0.15, 0.2) is 0 Å². The second-order valence-electron chi connectivity index (χ2n) is 6.33. The molecule has 0 spiro atoms. The zero-order valence-corrected chi connectivity index (χ0v) is 14.9. The fourth-order valence-corrected chi connectivity index (χ4v) is 2.97. The number of carbonyl (C=O) groups excluding carboxylic acids is 2. The predicted octanol–water partition coefficient (Wildman–Crippen LogP) is 3.42. The highest BCUT2D eigenvalue weighted by molar-refractivity contribution is 5.86. The molecule has 0 aliphatic carbocycles. The van der Waals surface area contributed by atoms with Gasteiger partial charge in [-0.25, -0.2) is 9.18 Å². The molecule has 3 aromatic carbocycles. The SMILES string of the molecule is COC(=O)[C@@H](Cc1ccc2ccccc2c1)NC(=O)Cc1ccc(F)cc1. The van der Waals surface area contributed by atoms with E-state index in [4.69, 9.17) is 4.74 Å². The fraction of sp³-hybridized carbons (Fsp3) is 0.182. The lowest BCUT2D eigenvalue weighted by atomic mass is 10.0. The van der Waals surface area contributed by atoms with E-state index in [0.29, 0.717) is 12.0 Å². The first kappa shape index (κ1) is 18.6. The molecule has 138 valence electrons. The number of hydrogen-bond acceptors (Lipinski definition) is 3. The molecule has 0 unspecified atom stereocenters. The molecule has 0 radical (unpaired) electrons. The maximum Gasteiger partial charge on any atom is 0.328 e. The molecule has 0 aromatic heterocycles. The summed E-state index contributed by atoms with van der Waals surface area (Å²) in [5.41, 5.74) is 1.59. The van der Waals surface area contributed by atoms with Crippen LogP contribution in [0.3, 0.4) is 0 Å². The Kier molecular flexibility index (Phi) is 5.81. The summed E-state index contributed by atoms with van der Waals surface area (Å²) in [7, 11) is 1.29. The normalized spacial score (nSPS) is 11.8. The number of nitrogens with one attached hydrogen (secondary N) is 1. The number of rotatable bonds is 6. The summed E-state index contributed by atoms with van der Waals surface area (Å²) in [4.78, 5) is 24.4. The minimum Gasteiger partial charge on any atom is -0.467 e. The molecule has 0 saturated carbocycles. The first-order chi connectivity index (χ1) is 13.0. The van der Waals surface area contributed by atoms with Crippen LogP contribution >= 0.6 is 0 Å². The first-order valence-corrected chi connectivity index (χ1v) is 8.64. The molecule has 5 heteroatoms. The van der Waals surface area contributed by atoms with Gasteiger partial charge in [-0.15, -0.1) is 0 Å². The average molecular weight is 365 g/mol. The lowest BCUT2D eigenvalue weighted by Crippen LogP contribution is -2.43. The van der Waals surface area contributed by atoms with Crippen molar-refractivity contribution in [2.75, 3.05) is 7.11 Å². The Bertz CT molecular complexity index is 953. The predicted molar refractivity (Wildman–Crippen MR) is 102 cm³/mol. The topological polar surface area (TPSA) is 55.4 Å². The highest BCUT2D eigenvalue weighted by atomic mass is 19.1. The van der Waals surface area contributed by atoms with Crippen molar-refractivity contribution >= 4 is 22.6 Å². The van der Waals surface area contributed by atoms with E-state index in [1.165, 1.54) is 19.2 Å². The Labute approximate surface area is 157 Å². The van der Waals surface area contributed by atoms with Crippen LogP contribution in [0.15, 0.2) is 66.7 Å². The van der Waals surface area contributed by atoms with Crippen molar-refractivity contribution in [3.05, 3.63) is 83.7 Å². The Morgan fingerprint density at radius 2 is 1.63 bits per heavy atom. The van der Waals surface area contributed by atoms with E-state index >= 15 is 0 Å². The van der Waals surface area contributed by atoms with Crippen LogP contribution in [-0.4, -0.2) is 25.0 Å². The van der Waals surface area contributed by atoms with E-state index in [9.17, 15) is 14.0 Å². The van der Waals surface area contributed by atoms with Crippen molar-refractivity contribution < 1.29 is 18.7 Å². The molecule has 3 rings (SSSR count). The summed E-state index contributed by atoms with van der Waals surface area (Å²) in [6.07, 6.45) is 0.387. The van der Waals surface area contributed by atoms with Gasteiger partial charge in [0.05, 0.1) is 13.5 Å². The molecule has 1 amide bonds. The van der Waals surface area contributed by atoms with E-state index in [-0.39, 0.29) is 18.1 Å². The minimum atomic E-state index is -0.788. The highest BCUT2D eigenvalue weighted by Gasteiger charge is 2.22. The van der Waals surface area contributed by atoms with E-state index < -0.39 is 12.0 Å². The molecule has 0 fully saturated rings. The van der Waals surface area contributed by atoms with Crippen LogP contribution in [0.2, 0.25) is 0 Å². The van der Waals surface area contributed by atoms with Crippen molar-refractivity contribution in [1.29, 1.82) is 0 Å². The number of benzene rings is 3. The third-order valence-electron chi connectivity index (χ3n) is 4.35. The molecule has 1 N–H and O–H groups in total. The Morgan fingerprint density at radius 1 is 0.963 bits per heavy atom. The molecule has 0 saturated heterocycles. The maximum absolute atomic E-state index is 13.0. The Balaban J connectivity index is 1.71. The van der Waals surface area contributed by atoms with E-state index in [2.05, 4.69) is 5.32 Å². The van der Waals surface area contributed by atoms with Crippen molar-refractivity contribution in [3.8, 4) is 0 Å². The monoisotopic (exact) mass is 365 g/mol. The fourth-order valence-electron chi connectivity index (χ4n) is 2.97. The number of halogens is 1. The van der Waals surface area contributed by atoms with E-state index in [0.717, 1.165) is 16.3 Å². The lowest BCUT2D eigenvalue weighted by molar-refractivity contribution is -0.145. The van der Waals surface area contributed by atoms with Gasteiger partial charge in [0.1, 0.15) is 11.9 Å². The van der Waals surface area contributed by atoms with Crippen LogP contribution in [-0.2, 0) is 27.2 Å². The molecular weight excluding hydrogens is 345 g/mol. The summed E-state index contributed by atoms with van der Waals surface area (Å²) in [6, 6.07) is 18.8. The molecule has 4 nitrogen and oxygen atoms in total. The van der Waals surface area contributed by atoms with Crippen LogP contribution in [0, 0.1) is 5.82 Å². The van der Waals surface area contributed by atoms with Gasteiger partial charge in [-0.3, -0.25) is 4.79 Å². The number of fused-ring (bicyclic) bond motifs is 1. The molecular formula is C22H20FNO3. The molecule has 1 atom stereocenters. The zero-order valence-electron chi connectivity index (χ0n) is 14.9. The number of ether oxygens (including phenoxy) is 1. The Hall–Kier alpha value is -3.21. The van der Waals surface area contributed by atoms with Crippen LogP contribution < -0.4 is 5.32 Å². The van der Waals surface area contributed by atoms with Crippen LogP contribution in [0.5, 0.6) is 0 Å². The molecule has 0 bridgehead atoms. The zero-order chi connectivity index (χ0) is 19.2. The summed E-state index contributed by atoms with van der Waals surface area (Å²) in [5, 5.41) is 4.89. The Morgan fingerprint density at radius 3 is 2.33 bits per heavy atom. The second kappa shape index (κ2) is 8.45. The molecule has 0 heterocycles. The van der Waals surface area contributed by atoms with Crippen LogP contribution in [0.1, 0.15) is 11.1 Å².